The molecule has 0 unspecified atom stereocenters. The van der Waals surface area contributed by atoms with Gasteiger partial charge in [0.25, 0.3) is 0 Å². The highest BCUT2D eigenvalue weighted by Crippen LogP contribution is 2.17. The Morgan fingerprint density at radius 1 is 1.31 bits per heavy atom. The molecule has 0 N–H and O–H groups in total. The van der Waals surface area contributed by atoms with Gasteiger partial charge in [-0.3, -0.25) is 0 Å². The molecule has 0 radical (unpaired) electrons. The molecular formula is C7H6N4OS. The van der Waals surface area contributed by atoms with Crippen LogP contribution in [0.3, 0.4) is 0 Å². The Balaban J connectivity index is 2.33. The molecule has 2 heterocycles. The van der Waals surface area contributed by atoms with Crippen molar-refractivity contribution in [3.8, 4) is 16.7 Å². The van der Waals surface area contributed by atoms with E-state index < -0.39 is 0 Å². The van der Waals surface area contributed by atoms with Gasteiger partial charge >= 0.3 is 6.01 Å². The number of methoxy groups -OCH3 is 1. The second-order valence-corrected chi connectivity index (χ2v) is 3.06. The molecule has 0 fully saturated rings. The van der Waals surface area contributed by atoms with Crippen molar-refractivity contribution in [2.45, 2.75) is 0 Å². The largest absolute Gasteiger partial charge is 0.466 e. The highest BCUT2D eigenvalue weighted by molar-refractivity contribution is 7.13. The van der Waals surface area contributed by atoms with Crippen LogP contribution >= 0.6 is 11.3 Å². The molecule has 13 heavy (non-hydrogen) atoms. The maximum absolute atomic E-state index is 4.78. The summed E-state index contributed by atoms with van der Waals surface area (Å²) < 4.78 is 4.78. The molecule has 2 rings (SSSR count). The minimum atomic E-state index is 0.264. The molecule has 0 saturated heterocycles. The van der Waals surface area contributed by atoms with E-state index in [9.17, 15) is 0 Å². The molecule has 2 aromatic rings. The van der Waals surface area contributed by atoms with Crippen molar-refractivity contribution in [3.05, 3.63) is 17.8 Å². The molecule has 2 aromatic heterocycles. The fourth-order valence-corrected chi connectivity index (χ4v) is 1.39. The Morgan fingerprint density at radius 3 is 2.77 bits per heavy atom. The number of hydrogen-bond acceptors (Lipinski definition) is 6. The van der Waals surface area contributed by atoms with Gasteiger partial charge < -0.3 is 4.74 Å². The van der Waals surface area contributed by atoms with Gasteiger partial charge in [0.05, 0.1) is 13.3 Å². The van der Waals surface area contributed by atoms with Crippen molar-refractivity contribution in [1.82, 2.24) is 20.2 Å². The lowest BCUT2D eigenvalue weighted by molar-refractivity contribution is 0.373. The number of aromatic nitrogens is 4. The smallest absolute Gasteiger partial charge is 0.335 e. The van der Waals surface area contributed by atoms with E-state index in [4.69, 9.17) is 4.74 Å². The molecule has 0 aliphatic rings. The molecule has 0 aromatic carbocycles. The normalized spacial score (nSPS) is 9.92. The molecule has 0 atom stereocenters. The number of rotatable bonds is 2. The zero-order valence-electron chi connectivity index (χ0n) is 6.84. The van der Waals surface area contributed by atoms with Gasteiger partial charge in [-0.2, -0.15) is 0 Å². The molecule has 66 valence electrons. The third kappa shape index (κ3) is 1.62. The van der Waals surface area contributed by atoms with Gasteiger partial charge in [0, 0.05) is 11.6 Å². The second-order valence-electron chi connectivity index (χ2n) is 2.17. The van der Waals surface area contributed by atoms with Crippen LogP contribution in [0.1, 0.15) is 0 Å². The Labute approximate surface area is 78.5 Å². The number of thiazole rings is 1. The van der Waals surface area contributed by atoms with Crippen LogP contribution in [0, 0.1) is 0 Å². The van der Waals surface area contributed by atoms with Crippen LogP contribution < -0.4 is 4.74 Å². The van der Waals surface area contributed by atoms with Crippen LogP contribution in [-0.4, -0.2) is 27.3 Å². The molecule has 0 bridgehead atoms. The highest BCUT2D eigenvalue weighted by Gasteiger charge is 2.03. The zero-order chi connectivity index (χ0) is 9.10. The van der Waals surface area contributed by atoms with E-state index in [1.807, 2.05) is 5.38 Å². The molecule has 0 amide bonds. The van der Waals surface area contributed by atoms with E-state index in [-0.39, 0.29) is 6.01 Å². The highest BCUT2D eigenvalue weighted by atomic mass is 32.1. The summed E-state index contributed by atoms with van der Waals surface area (Å²) in [5.41, 5.74) is 0.663. The summed E-state index contributed by atoms with van der Waals surface area (Å²) in [6.45, 7) is 0. The molecule has 0 aliphatic carbocycles. The fraction of sp³-hybridized carbons (Fsp3) is 0.143. The molecule has 0 aliphatic heterocycles. The minimum absolute atomic E-state index is 0.264. The first-order valence-corrected chi connectivity index (χ1v) is 4.41. The average molecular weight is 194 g/mol. The van der Waals surface area contributed by atoms with Crippen LogP contribution in [-0.2, 0) is 0 Å². The molecular weight excluding hydrogens is 188 g/mol. The first-order valence-electron chi connectivity index (χ1n) is 3.54. The second kappa shape index (κ2) is 3.44. The monoisotopic (exact) mass is 194 g/mol. The standard InChI is InChI=1S/C7H6N4OS/c1-12-7-9-4-5(10-11-7)6-8-2-3-13-6/h2-4H,1H3. The van der Waals surface area contributed by atoms with Gasteiger partial charge in [0.15, 0.2) is 0 Å². The molecule has 0 spiro atoms. The Kier molecular flexibility index (Phi) is 2.13. The summed E-state index contributed by atoms with van der Waals surface area (Å²) in [5, 5.41) is 10.3. The lowest BCUT2D eigenvalue weighted by Crippen LogP contribution is -1.95. The van der Waals surface area contributed by atoms with Gasteiger partial charge in [-0.15, -0.1) is 16.4 Å². The van der Waals surface area contributed by atoms with Crippen LogP contribution in [0.5, 0.6) is 6.01 Å². The third-order valence-electron chi connectivity index (χ3n) is 1.37. The predicted octanol–water partition coefficient (Wildman–Crippen LogP) is 1.00. The van der Waals surface area contributed by atoms with Crippen LogP contribution in [0.2, 0.25) is 0 Å². The Bertz CT molecular complexity index is 372. The van der Waals surface area contributed by atoms with E-state index in [0.29, 0.717) is 5.69 Å². The molecule has 0 saturated carbocycles. The lowest BCUT2D eigenvalue weighted by atomic mass is 10.5. The maximum Gasteiger partial charge on any atom is 0.335 e. The van der Waals surface area contributed by atoms with E-state index in [0.717, 1.165) is 5.01 Å². The van der Waals surface area contributed by atoms with Gasteiger partial charge in [0.1, 0.15) is 10.7 Å². The summed E-state index contributed by atoms with van der Waals surface area (Å²) in [6, 6.07) is 0.264. The van der Waals surface area contributed by atoms with Crippen molar-refractivity contribution < 1.29 is 4.74 Å². The maximum atomic E-state index is 4.78. The number of hydrogen-bond donors (Lipinski definition) is 0. The van der Waals surface area contributed by atoms with Crippen molar-refractivity contribution in [2.24, 2.45) is 0 Å². The van der Waals surface area contributed by atoms with Crippen molar-refractivity contribution in [3.63, 3.8) is 0 Å². The first-order chi connectivity index (χ1) is 6.40. The van der Waals surface area contributed by atoms with Gasteiger partial charge in [-0.1, -0.05) is 5.10 Å². The quantitative estimate of drug-likeness (QED) is 0.713. The summed E-state index contributed by atoms with van der Waals surface area (Å²) in [5.74, 6) is 0. The average Bonchev–Trinajstić information content (AvgIpc) is 2.71. The summed E-state index contributed by atoms with van der Waals surface area (Å²) in [4.78, 5) is 8.00. The Hall–Kier alpha value is -1.56. The molecule has 6 heteroatoms. The van der Waals surface area contributed by atoms with Gasteiger partial charge in [0.2, 0.25) is 0 Å². The van der Waals surface area contributed by atoms with Crippen molar-refractivity contribution >= 4 is 11.3 Å². The van der Waals surface area contributed by atoms with Crippen LogP contribution in [0.4, 0.5) is 0 Å². The molecule has 5 nitrogen and oxygen atoms in total. The third-order valence-corrected chi connectivity index (χ3v) is 2.17. The van der Waals surface area contributed by atoms with Crippen LogP contribution in [0.25, 0.3) is 10.7 Å². The van der Waals surface area contributed by atoms with E-state index in [2.05, 4.69) is 20.2 Å². The van der Waals surface area contributed by atoms with E-state index in [1.165, 1.54) is 18.4 Å². The van der Waals surface area contributed by atoms with Crippen molar-refractivity contribution in [1.29, 1.82) is 0 Å². The minimum Gasteiger partial charge on any atom is -0.466 e. The van der Waals surface area contributed by atoms with Gasteiger partial charge in [-0.05, 0) is 0 Å². The van der Waals surface area contributed by atoms with E-state index in [1.54, 1.807) is 12.4 Å². The number of ether oxygens (including phenoxy) is 1. The lowest BCUT2D eigenvalue weighted by Gasteiger charge is -1.95. The SMILES string of the molecule is COc1ncc(-c2nccs2)nn1. The van der Waals surface area contributed by atoms with Crippen molar-refractivity contribution in [2.75, 3.05) is 7.11 Å². The van der Waals surface area contributed by atoms with Gasteiger partial charge in [-0.25, -0.2) is 9.97 Å². The van der Waals surface area contributed by atoms with Crippen LogP contribution in [0.15, 0.2) is 17.8 Å². The summed E-state index contributed by atoms with van der Waals surface area (Å²) in [6.07, 6.45) is 3.30. The van der Waals surface area contributed by atoms with E-state index >= 15 is 0 Å². The summed E-state index contributed by atoms with van der Waals surface area (Å²) >= 11 is 1.50. The first kappa shape index (κ1) is 8.06. The predicted molar refractivity (Wildman–Crippen MR) is 47.5 cm³/mol. The fourth-order valence-electron chi connectivity index (χ4n) is 0.806. The topological polar surface area (TPSA) is 60.8 Å². The summed E-state index contributed by atoms with van der Waals surface area (Å²) in [7, 11) is 1.50. The number of nitrogens with zero attached hydrogens (tertiary/aromatic N) is 4. The Morgan fingerprint density at radius 2 is 2.23 bits per heavy atom. The zero-order valence-corrected chi connectivity index (χ0v) is 7.65.